The Morgan fingerprint density at radius 3 is 2.29 bits per heavy atom. The third kappa shape index (κ3) is 1.16. The third-order valence-corrected chi connectivity index (χ3v) is 1.36. The first-order valence-electron chi connectivity index (χ1n) is 2.72. The van der Waals surface area contributed by atoms with Gasteiger partial charge in [-0.1, -0.05) is 0 Å². The first kappa shape index (κ1) is 5.10. The largest absolute Gasteiger partial charge is 0.370 e. The molecule has 1 saturated carbocycles. The zero-order valence-electron chi connectivity index (χ0n) is 4.90. The highest BCUT2D eigenvalue weighted by Gasteiger charge is 2.37. The molecular formula is C6H11O. The van der Waals surface area contributed by atoms with Gasteiger partial charge in [-0.2, -0.15) is 0 Å². The molecule has 0 bridgehead atoms. The summed E-state index contributed by atoms with van der Waals surface area (Å²) in [4.78, 5) is 0. The van der Waals surface area contributed by atoms with Crippen molar-refractivity contribution in [2.45, 2.75) is 32.3 Å². The van der Waals surface area contributed by atoms with Gasteiger partial charge in [0.1, 0.15) is 0 Å². The minimum absolute atomic E-state index is 0.245. The second-order valence-corrected chi connectivity index (χ2v) is 2.30. The van der Waals surface area contributed by atoms with Gasteiger partial charge in [-0.25, -0.2) is 0 Å². The van der Waals surface area contributed by atoms with E-state index >= 15 is 0 Å². The van der Waals surface area contributed by atoms with E-state index in [0.29, 0.717) is 0 Å². The molecule has 0 N–H and O–H groups in total. The summed E-state index contributed by atoms with van der Waals surface area (Å²) < 4.78 is 5.22. The number of hydrogen-bond donors (Lipinski definition) is 0. The van der Waals surface area contributed by atoms with E-state index in [-0.39, 0.29) is 5.60 Å². The standard InChI is InChI=1S/C6H11O/c1-3-7-6(2)4-5-6/h3H,4-5H2,1-2H3. The molecule has 1 fully saturated rings. The van der Waals surface area contributed by atoms with Gasteiger partial charge in [0, 0.05) is 0 Å². The summed E-state index contributed by atoms with van der Waals surface area (Å²) in [6.45, 7) is 5.82. The summed E-state index contributed by atoms with van der Waals surface area (Å²) >= 11 is 0. The molecule has 0 aliphatic heterocycles. The van der Waals surface area contributed by atoms with Crippen molar-refractivity contribution in [2.75, 3.05) is 0 Å². The minimum atomic E-state index is 0.245. The zero-order chi connectivity index (χ0) is 5.33. The van der Waals surface area contributed by atoms with Crippen LogP contribution >= 0.6 is 0 Å². The molecule has 0 aromatic rings. The fourth-order valence-electron chi connectivity index (χ4n) is 0.578. The quantitative estimate of drug-likeness (QED) is 0.512. The maximum atomic E-state index is 5.22. The summed E-state index contributed by atoms with van der Waals surface area (Å²) in [5.74, 6) is 0. The Morgan fingerprint density at radius 2 is 2.14 bits per heavy atom. The van der Waals surface area contributed by atoms with Crippen molar-refractivity contribution in [1.29, 1.82) is 0 Å². The van der Waals surface area contributed by atoms with E-state index in [4.69, 9.17) is 4.74 Å². The molecule has 1 aliphatic carbocycles. The van der Waals surface area contributed by atoms with Crippen molar-refractivity contribution in [1.82, 2.24) is 0 Å². The van der Waals surface area contributed by atoms with Crippen molar-refractivity contribution in [3.63, 3.8) is 0 Å². The molecule has 0 saturated heterocycles. The van der Waals surface area contributed by atoms with E-state index in [1.165, 1.54) is 12.8 Å². The highest BCUT2D eigenvalue weighted by atomic mass is 16.5. The Hall–Kier alpha value is -0.0400. The monoisotopic (exact) mass is 99.1 g/mol. The van der Waals surface area contributed by atoms with Crippen molar-refractivity contribution >= 4 is 0 Å². The van der Waals surface area contributed by atoms with Crippen LogP contribution in [0, 0.1) is 6.61 Å². The van der Waals surface area contributed by atoms with Crippen molar-refractivity contribution < 1.29 is 4.74 Å². The van der Waals surface area contributed by atoms with Crippen LogP contribution in [0.4, 0.5) is 0 Å². The Morgan fingerprint density at radius 1 is 1.57 bits per heavy atom. The molecule has 0 atom stereocenters. The molecule has 1 rings (SSSR count). The summed E-state index contributed by atoms with van der Waals surface area (Å²) in [5.41, 5.74) is 0.245. The Balaban J connectivity index is 2.13. The SMILES string of the molecule is C[CH]OC1(C)CC1. The van der Waals surface area contributed by atoms with E-state index in [0.717, 1.165) is 0 Å². The number of ether oxygens (including phenoxy) is 1. The molecule has 0 aromatic carbocycles. The maximum Gasteiger partial charge on any atom is 0.0813 e. The normalized spacial score (nSPS) is 24.9. The fraction of sp³-hybridized carbons (Fsp3) is 0.833. The average molecular weight is 99.2 g/mol. The van der Waals surface area contributed by atoms with Crippen LogP contribution in [0.1, 0.15) is 26.7 Å². The van der Waals surface area contributed by atoms with E-state index in [2.05, 4.69) is 6.92 Å². The third-order valence-electron chi connectivity index (χ3n) is 1.36. The molecule has 41 valence electrons. The second kappa shape index (κ2) is 1.48. The van der Waals surface area contributed by atoms with Gasteiger partial charge in [-0.15, -0.1) is 0 Å². The van der Waals surface area contributed by atoms with Gasteiger partial charge in [-0.3, -0.25) is 0 Å². The van der Waals surface area contributed by atoms with Crippen molar-refractivity contribution in [2.24, 2.45) is 0 Å². The lowest BCUT2D eigenvalue weighted by molar-refractivity contribution is 0.103. The molecule has 0 amide bonds. The zero-order valence-corrected chi connectivity index (χ0v) is 4.90. The van der Waals surface area contributed by atoms with Crippen LogP contribution in [-0.2, 0) is 4.74 Å². The molecule has 1 radical (unpaired) electrons. The highest BCUT2D eigenvalue weighted by molar-refractivity contribution is 4.91. The Bertz CT molecular complexity index is 64.6. The first-order chi connectivity index (χ1) is 3.27. The van der Waals surface area contributed by atoms with E-state index in [1.807, 2.05) is 6.92 Å². The molecule has 0 heterocycles. The van der Waals surface area contributed by atoms with Gasteiger partial charge in [-0.05, 0) is 26.7 Å². The van der Waals surface area contributed by atoms with Gasteiger partial charge < -0.3 is 4.74 Å². The molecule has 7 heavy (non-hydrogen) atoms. The highest BCUT2D eigenvalue weighted by Crippen LogP contribution is 2.38. The first-order valence-corrected chi connectivity index (χ1v) is 2.72. The van der Waals surface area contributed by atoms with E-state index in [1.54, 1.807) is 6.61 Å². The number of hydrogen-bond acceptors (Lipinski definition) is 1. The molecule has 0 unspecified atom stereocenters. The predicted octanol–water partition coefficient (Wildman–Crippen LogP) is 1.74. The summed E-state index contributed by atoms with van der Waals surface area (Å²) in [6, 6.07) is 0. The van der Waals surface area contributed by atoms with Crippen molar-refractivity contribution in [3.8, 4) is 0 Å². The van der Waals surface area contributed by atoms with Crippen LogP contribution in [0.15, 0.2) is 0 Å². The molecular weight excluding hydrogens is 88.1 g/mol. The number of rotatable bonds is 2. The molecule has 1 nitrogen and oxygen atoms in total. The second-order valence-electron chi connectivity index (χ2n) is 2.30. The van der Waals surface area contributed by atoms with E-state index in [9.17, 15) is 0 Å². The van der Waals surface area contributed by atoms with Crippen LogP contribution in [0.3, 0.4) is 0 Å². The fourth-order valence-corrected chi connectivity index (χ4v) is 0.578. The topological polar surface area (TPSA) is 9.23 Å². The van der Waals surface area contributed by atoms with Crippen LogP contribution in [0.2, 0.25) is 0 Å². The van der Waals surface area contributed by atoms with Crippen LogP contribution in [-0.4, -0.2) is 5.60 Å². The summed E-state index contributed by atoms with van der Waals surface area (Å²) in [5, 5.41) is 0. The average Bonchev–Trinajstić information content (AvgIpc) is 2.22. The Labute approximate surface area is 44.7 Å². The minimum Gasteiger partial charge on any atom is -0.370 e. The van der Waals surface area contributed by atoms with Gasteiger partial charge in [0.15, 0.2) is 0 Å². The van der Waals surface area contributed by atoms with Crippen molar-refractivity contribution in [3.05, 3.63) is 6.61 Å². The molecule has 0 aromatic heterocycles. The van der Waals surface area contributed by atoms with Gasteiger partial charge in [0.2, 0.25) is 0 Å². The van der Waals surface area contributed by atoms with Gasteiger partial charge >= 0.3 is 0 Å². The van der Waals surface area contributed by atoms with Gasteiger partial charge in [0.25, 0.3) is 0 Å². The van der Waals surface area contributed by atoms with E-state index < -0.39 is 0 Å². The van der Waals surface area contributed by atoms with Crippen LogP contribution in [0.5, 0.6) is 0 Å². The lowest BCUT2D eigenvalue weighted by atomic mass is 10.4. The summed E-state index contributed by atoms with van der Waals surface area (Å²) in [6.07, 6.45) is 2.47. The molecule has 1 heteroatoms. The smallest absolute Gasteiger partial charge is 0.0813 e. The Kier molecular flexibility index (Phi) is 1.08. The summed E-state index contributed by atoms with van der Waals surface area (Å²) in [7, 11) is 0. The van der Waals surface area contributed by atoms with Gasteiger partial charge in [0.05, 0.1) is 12.2 Å². The maximum absolute atomic E-state index is 5.22. The molecule has 1 aliphatic rings. The lowest BCUT2D eigenvalue weighted by Gasteiger charge is -2.04. The predicted molar refractivity (Wildman–Crippen MR) is 28.7 cm³/mol. The van der Waals surface area contributed by atoms with Crippen LogP contribution < -0.4 is 0 Å². The lowest BCUT2D eigenvalue weighted by Crippen LogP contribution is -2.03. The molecule has 0 spiro atoms. The van der Waals surface area contributed by atoms with Crippen LogP contribution in [0.25, 0.3) is 0 Å².